The number of fused-ring (bicyclic) bond motifs is 3. The number of thiophene rings is 1. The Bertz CT molecular complexity index is 1010. The van der Waals surface area contributed by atoms with E-state index in [-0.39, 0.29) is 5.56 Å². The molecule has 122 valence electrons. The molecule has 0 unspecified atom stereocenters. The molecular weight excluding hydrogens is 316 g/mol. The lowest BCUT2D eigenvalue weighted by Gasteiger charge is -2.09. The zero-order chi connectivity index (χ0) is 16.7. The van der Waals surface area contributed by atoms with E-state index in [0.717, 1.165) is 28.6 Å². The van der Waals surface area contributed by atoms with Gasteiger partial charge in [-0.3, -0.25) is 4.79 Å². The fraction of sp³-hybridized carbons (Fsp3) is 0.300. The van der Waals surface area contributed by atoms with Crippen molar-refractivity contribution in [1.82, 2.24) is 9.97 Å². The molecule has 0 amide bonds. The van der Waals surface area contributed by atoms with Crippen molar-refractivity contribution >= 4 is 33.7 Å². The third-order valence-corrected chi connectivity index (χ3v) is 5.88. The Morgan fingerprint density at radius 3 is 2.83 bits per heavy atom. The normalized spacial score (nSPS) is 14.4. The lowest BCUT2D eigenvalue weighted by molar-refractivity contribution is 0.700. The molecule has 0 atom stereocenters. The molecule has 0 radical (unpaired) electrons. The molecule has 4 rings (SSSR count). The third-order valence-electron chi connectivity index (χ3n) is 4.69. The van der Waals surface area contributed by atoms with Crippen molar-refractivity contribution < 1.29 is 0 Å². The highest BCUT2D eigenvalue weighted by atomic mass is 32.1. The summed E-state index contributed by atoms with van der Waals surface area (Å²) < 4.78 is 0. The number of H-pyrrole nitrogens is 1. The predicted molar refractivity (Wildman–Crippen MR) is 102 cm³/mol. The fourth-order valence-corrected chi connectivity index (χ4v) is 4.71. The number of hydrogen-bond acceptors (Lipinski definition) is 3. The zero-order valence-corrected chi connectivity index (χ0v) is 14.8. The standard InChI is InChI=1S/C20H20N2OS/c1-12-7-8-14(13(2)11-12)9-10-17-21-19(23)18-15-5-3-4-6-16(15)24-20(18)22-17/h7-11H,3-6H2,1-2H3,(H,21,22,23)/b10-9+. The molecular formula is C20H20N2OS. The van der Waals surface area contributed by atoms with E-state index in [0.29, 0.717) is 5.82 Å². The molecule has 1 aromatic carbocycles. The van der Waals surface area contributed by atoms with E-state index in [1.54, 1.807) is 11.3 Å². The van der Waals surface area contributed by atoms with E-state index in [1.807, 2.05) is 12.2 Å². The zero-order valence-electron chi connectivity index (χ0n) is 14.0. The topological polar surface area (TPSA) is 45.8 Å². The van der Waals surface area contributed by atoms with Crippen LogP contribution in [-0.4, -0.2) is 9.97 Å². The molecule has 0 saturated carbocycles. The molecule has 1 N–H and O–H groups in total. The summed E-state index contributed by atoms with van der Waals surface area (Å²) in [5, 5.41) is 0.818. The number of aromatic nitrogens is 2. The van der Waals surface area contributed by atoms with Crippen LogP contribution in [0.2, 0.25) is 0 Å². The number of hydrogen-bond donors (Lipinski definition) is 1. The molecule has 2 heterocycles. The summed E-state index contributed by atoms with van der Waals surface area (Å²) in [6, 6.07) is 6.35. The highest BCUT2D eigenvalue weighted by Crippen LogP contribution is 2.33. The van der Waals surface area contributed by atoms with Gasteiger partial charge in [0.25, 0.3) is 5.56 Å². The van der Waals surface area contributed by atoms with Gasteiger partial charge in [0.15, 0.2) is 0 Å². The molecule has 0 aliphatic heterocycles. The quantitative estimate of drug-likeness (QED) is 0.740. The number of benzene rings is 1. The third kappa shape index (κ3) is 2.71. The van der Waals surface area contributed by atoms with E-state index in [9.17, 15) is 4.79 Å². The van der Waals surface area contributed by atoms with Crippen molar-refractivity contribution in [1.29, 1.82) is 0 Å². The Labute approximate surface area is 145 Å². The lowest BCUT2D eigenvalue weighted by Crippen LogP contribution is -2.11. The van der Waals surface area contributed by atoms with Gasteiger partial charge in [-0.25, -0.2) is 4.98 Å². The Kier molecular flexibility index (Phi) is 3.85. The second-order valence-electron chi connectivity index (χ2n) is 6.54. The minimum absolute atomic E-state index is 0.000298. The average Bonchev–Trinajstić information content (AvgIpc) is 2.92. The van der Waals surface area contributed by atoms with Gasteiger partial charge in [-0.05, 0) is 62.3 Å². The van der Waals surface area contributed by atoms with Gasteiger partial charge in [0.1, 0.15) is 10.7 Å². The monoisotopic (exact) mass is 336 g/mol. The Morgan fingerprint density at radius 2 is 2.00 bits per heavy atom. The molecule has 3 nitrogen and oxygen atoms in total. The minimum atomic E-state index is -0.000298. The maximum Gasteiger partial charge on any atom is 0.260 e. The Morgan fingerprint density at radius 1 is 1.17 bits per heavy atom. The smallest absolute Gasteiger partial charge is 0.260 e. The number of rotatable bonds is 2. The van der Waals surface area contributed by atoms with Crippen LogP contribution < -0.4 is 5.56 Å². The van der Waals surface area contributed by atoms with Crippen molar-refractivity contribution in [2.75, 3.05) is 0 Å². The van der Waals surface area contributed by atoms with Crippen LogP contribution >= 0.6 is 11.3 Å². The molecule has 2 aromatic heterocycles. The van der Waals surface area contributed by atoms with Crippen LogP contribution in [0.15, 0.2) is 23.0 Å². The van der Waals surface area contributed by atoms with Gasteiger partial charge in [-0.2, -0.15) is 0 Å². The van der Waals surface area contributed by atoms with Gasteiger partial charge in [-0.1, -0.05) is 29.8 Å². The van der Waals surface area contributed by atoms with Crippen LogP contribution in [0.1, 0.15) is 45.8 Å². The first-order chi connectivity index (χ1) is 11.6. The van der Waals surface area contributed by atoms with Crippen molar-refractivity contribution in [3.8, 4) is 0 Å². The number of nitrogens with one attached hydrogen (secondary N) is 1. The maximum absolute atomic E-state index is 12.5. The minimum Gasteiger partial charge on any atom is -0.306 e. The molecule has 0 fully saturated rings. The van der Waals surface area contributed by atoms with Gasteiger partial charge in [0.2, 0.25) is 0 Å². The lowest BCUT2D eigenvalue weighted by atomic mass is 9.97. The van der Waals surface area contributed by atoms with Gasteiger partial charge in [-0.15, -0.1) is 11.3 Å². The van der Waals surface area contributed by atoms with Gasteiger partial charge < -0.3 is 4.98 Å². The van der Waals surface area contributed by atoms with Crippen LogP contribution in [0.5, 0.6) is 0 Å². The molecule has 1 aliphatic carbocycles. The molecule has 24 heavy (non-hydrogen) atoms. The summed E-state index contributed by atoms with van der Waals surface area (Å²) in [6.45, 7) is 4.19. The van der Waals surface area contributed by atoms with E-state index < -0.39 is 0 Å². The van der Waals surface area contributed by atoms with Crippen molar-refractivity contribution in [2.45, 2.75) is 39.5 Å². The number of aryl methyl sites for hydroxylation is 4. The molecule has 0 spiro atoms. The second-order valence-corrected chi connectivity index (χ2v) is 7.62. The first kappa shape index (κ1) is 15.3. The van der Waals surface area contributed by atoms with Crippen molar-refractivity contribution in [3.63, 3.8) is 0 Å². The predicted octanol–water partition coefficient (Wildman–Crippen LogP) is 4.65. The van der Waals surface area contributed by atoms with Crippen LogP contribution in [0, 0.1) is 13.8 Å². The number of aromatic amines is 1. The molecule has 3 aromatic rings. The molecule has 1 aliphatic rings. The fourth-order valence-electron chi connectivity index (χ4n) is 3.44. The number of nitrogens with zero attached hydrogens (tertiary/aromatic N) is 1. The average molecular weight is 336 g/mol. The van der Waals surface area contributed by atoms with Crippen LogP contribution in [0.25, 0.3) is 22.4 Å². The summed E-state index contributed by atoms with van der Waals surface area (Å²) >= 11 is 1.69. The Balaban J connectivity index is 1.75. The Hall–Kier alpha value is -2.20. The first-order valence-electron chi connectivity index (χ1n) is 8.42. The summed E-state index contributed by atoms with van der Waals surface area (Å²) in [5.41, 5.74) is 4.86. The van der Waals surface area contributed by atoms with Crippen molar-refractivity contribution in [3.05, 3.63) is 61.5 Å². The summed E-state index contributed by atoms with van der Waals surface area (Å²) in [7, 11) is 0. The SMILES string of the molecule is Cc1ccc(/C=C/c2nc3sc4c(c3c(=O)[nH]2)CCCC4)c(C)c1. The highest BCUT2D eigenvalue weighted by molar-refractivity contribution is 7.18. The second kappa shape index (κ2) is 6.02. The van der Waals surface area contributed by atoms with Gasteiger partial charge in [0, 0.05) is 4.88 Å². The molecule has 4 heteroatoms. The maximum atomic E-state index is 12.5. The first-order valence-corrected chi connectivity index (χ1v) is 9.23. The van der Waals surface area contributed by atoms with Gasteiger partial charge >= 0.3 is 0 Å². The highest BCUT2D eigenvalue weighted by Gasteiger charge is 2.19. The van der Waals surface area contributed by atoms with E-state index in [4.69, 9.17) is 0 Å². The van der Waals surface area contributed by atoms with E-state index in [1.165, 1.54) is 34.4 Å². The van der Waals surface area contributed by atoms with E-state index >= 15 is 0 Å². The van der Waals surface area contributed by atoms with Crippen LogP contribution in [-0.2, 0) is 12.8 Å². The summed E-state index contributed by atoms with van der Waals surface area (Å²) in [6.07, 6.45) is 8.41. The largest absolute Gasteiger partial charge is 0.306 e. The van der Waals surface area contributed by atoms with Crippen LogP contribution in [0.3, 0.4) is 0 Å². The molecule has 0 saturated heterocycles. The van der Waals surface area contributed by atoms with Crippen LogP contribution in [0.4, 0.5) is 0 Å². The van der Waals surface area contributed by atoms with Crippen molar-refractivity contribution in [2.24, 2.45) is 0 Å². The molecule has 0 bridgehead atoms. The van der Waals surface area contributed by atoms with Gasteiger partial charge in [0.05, 0.1) is 5.39 Å². The summed E-state index contributed by atoms with van der Waals surface area (Å²) in [5.74, 6) is 0.631. The van der Waals surface area contributed by atoms with E-state index in [2.05, 4.69) is 42.0 Å². The summed E-state index contributed by atoms with van der Waals surface area (Å²) in [4.78, 5) is 22.4.